The van der Waals surface area contributed by atoms with Gasteiger partial charge in [-0.15, -0.1) is 0 Å². The third-order valence-electron chi connectivity index (χ3n) is 3.80. The molecule has 2 aromatic rings. The van der Waals surface area contributed by atoms with Crippen LogP contribution in [0.3, 0.4) is 0 Å². The fourth-order valence-electron chi connectivity index (χ4n) is 2.67. The van der Waals surface area contributed by atoms with Crippen LogP contribution >= 0.6 is 0 Å². The Morgan fingerprint density at radius 1 is 1.09 bits per heavy atom. The number of benzene rings is 2. The Morgan fingerprint density at radius 3 is 2.43 bits per heavy atom. The number of carboxylic acid groups (broad SMARTS) is 1. The van der Waals surface area contributed by atoms with Gasteiger partial charge in [0.25, 0.3) is 0 Å². The van der Waals surface area contributed by atoms with Crippen LogP contribution in [-0.2, 0) is 0 Å². The third-order valence-corrected chi connectivity index (χ3v) is 3.80. The lowest BCUT2D eigenvalue weighted by molar-refractivity contribution is 0.0698. The molecule has 1 fully saturated rings. The fraction of sp³-hybridized carbons (Fsp3) is 0.118. The molecule has 6 N–H and O–H groups in total. The molecule has 1 heterocycles. The first-order valence-corrected chi connectivity index (χ1v) is 7.17. The maximum Gasteiger partial charge on any atom is 0.338 e. The van der Waals surface area contributed by atoms with Crippen LogP contribution in [0.1, 0.15) is 15.9 Å². The lowest BCUT2D eigenvalue weighted by Gasteiger charge is -2.13. The molecule has 0 aromatic heterocycles. The molecule has 6 heteroatoms. The highest BCUT2D eigenvalue weighted by atomic mass is 16.4. The number of hydrazine groups is 1. The quantitative estimate of drug-likeness (QED) is 0.554. The number of nitrogen functional groups attached to an aromatic ring is 1. The minimum Gasteiger partial charge on any atom is -0.507 e. The summed E-state index contributed by atoms with van der Waals surface area (Å²) in [4.78, 5) is 11.7. The van der Waals surface area contributed by atoms with Gasteiger partial charge in [0.15, 0.2) is 0 Å². The Hall–Kier alpha value is -2.83. The summed E-state index contributed by atoms with van der Waals surface area (Å²) in [5.74, 6) is -1.03. The Bertz CT molecular complexity index is 792. The molecule has 0 unspecified atom stereocenters. The second-order valence-electron chi connectivity index (χ2n) is 5.32. The Kier molecular flexibility index (Phi) is 4.01. The van der Waals surface area contributed by atoms with E-state index in [1.165, 1.54) is 0 Å². The number of nitrogens with one attached hydrogen (secondary N) is 2. The van der Waals surface area contributed by atoms with Crippen LogP contribution in [0.5, 0.6) is 5.75 Å². The second-order valence-corrected chi connectivity index (χ2v) is 5.32. The van der Waals surface area contributed by atoms with E-state index < -0.39 is 5.97 Å². The average molecular weight is 311 g/mol. The first-order chi connectivity index (χ1) is 11.1. The zero-order valence-electron chi connectivity index (χ0n) is 12.3. The minimum atomic E-state index is -1.09. The number of rotatable bonds is 3. The molecule has 0 atom stereocenters. The maximum absolute atomic E-state index is 11.7. The van der Waals surface area contributed by atoms with E-state index in [1.54, 1.807) is 36.4 Å². The number of para-hydroxylation sites is 1. The van der Waals surface area contributed by atoms with Crippen molar-refractivity contribution in [3.63, 3.8) is 0 Å². The first-order valence-electron chi connectivity index (χ1n) is 7.17. The Morgan fingerprint density at radius 2 is 1.78 bits per heavy atom. The fourth-order valence-corrected chi connectivity index (χ4v) is 2.67. The molecule has 118 valence electrons. The normalized spacial score (nSPS) is 14.0. The number of carboxylic acids is 1. The van der Waals surface area contributed by atoms with Crippen LogP contribution < -0.4 is 16.6 Å². The van der Waals surface area contributed by atoms with E-state index in [-0.39, 0.29) is 17.0 Å². The smallest absolute Gasteiger partial charge is 0.338 e. The zero-order valence-corrected chi connectivity index (χ0v) is 12.3. The van der Waals surface area contributed by atoms with Crippen molar-refractivity contribution in [3.05, 3.63) is 53.1 Å². The molecule has 6 nitrogen and oxygen atoms in total. The molecule has 0 radical (unpaired) electrons. The Balaban J connectivity index is 2.15. The predicted octanol–water partition coefficient (Wildman–Crippen LogP) is 1.83. The molecular formula is C17H17N3O3. The molecule has 1 aliphatic heterocycles. The molecule has 0 bridgehead atoms. The van der Waals surface area contributed by atoms with Crippen molar-refractivity contribution in [1.29, 1.82) is 0 Å². The van der Waals surface area contributed by atoms with E-state index in [0.717, 1.165) is 5.57 Å². The van der Waals surface area contributed by atoms with Crippen molar-refractivity contribution in [1.82, 2.24) is 10.9 Å². The topological polar surface area (TPSA) is 108 Å². The number of hydrogen-bond acceptors (Lipinski definition) is 5. The highest BCUT2D eigenvalue weighted by Crippen LogP contribution is 2.36. The van der Waals surface area contributed by atoms with Gasteiger partial charge in [0, 0.05) is 24.2 Å². The number of phenols is 1. The van der Waals surface area contributed by atoms with Crippen LogP contribution in [0.25, 0.3) is 17.2 Å². The van der Waals surface area contributed by atoms with Gasteiger partial charge in [-0.2, -0.15) is 0 Å². The van der Waals surface area contributed by atoms with Crippen LogP contribution in [0, 0.1) is 0 Å². The van der Waals surface area contributed by atoms with Gasteiger partial charge in [-0.25, -0.2) is 4.79 Å². The van der Waals surface area contributed by atoms with Crippen molar-refractivity contribution >= 4 is 17.7 Å². The second kappa shape index (κ2) is 6.12. The molecule has 0 saturated carbocycles. The number of nitrogens with two attached hydrogens (primary N) is 1. The van der Waals surface area contributed by atoms with Gasteiger partial charge in [-0.3, -0.25) is 10.9 Å². The number of aromatic hydroxyl groups is 1. The van der Waals surface area contributed by atoms with E-state index in [0.29, 0.717) is 29.8 Å². The maximum atomic E-state index is 11.7. The third kappa shape index (κ3) is 2.90. The van der Waals surface area contributed by atoms with E-state index >= 15 is 0 Å². The predicted molar refractivity (Wildman–Crippen MR) is 88.9 cm³/mol. The molecule has 2 aromatic carbocycles. The molecule has 3 rings (SSSR count). The van der Waals surface area contributed by atoms with Gasteiger partial charge in [0.05, 0.1) is 11.3 Å². The lowest BCUT2D eigenvalue weighted by Crippen LogP contribution is -2.21. The number of hydrogen-bond donors (Lipinski definition) is 5. The van der Waals surface area contributed by atoms with Crippen LogP contribution in [0.4, 0.5) is 5.69 Å². The Labute approximate surface area is 133 Å². The summed E-state index contributed by atoms with van der Waals surface area (Å²) in [5.41, 5.74) is 14.9. The number of anilines is 1. The summed E-state index contributed by atoms with van der Waals surface area (Å²) in [6, 6.07) is 10.2. The van der Waals surface area contributed by atoms with Crippen molar-refractivity contribution in [3.8, 4) is 16.9 Å². The molecular weight excluding hydrogens is 294 g/mol. The number of phenolic OH excluding ortho intramolecular Hbond substituents is 1. The summed E-state index contributed by atoms with van der Waals surface area (Å²) in [6.07, 6.45) is 1.82. The number of aromatic carboxylic acids is 1. The standard InChI is InChI=1S/C17H17N3O3/c18-16-13(12-3-1-2-4-14(12)21)6-5-11(15(16)17(22)23)7-10-8-19-20-9-10/h1-7,19-21H,8-9,18H2,(H,22,23). The number of carbonyl (C=O) groups is 1. The minimum absolute atomic E-state index is 0.0464. The molecule has 0 aliphatic carbocycles. The van der Waals surface area contributed by atoms with Gasteiger partial charge < -0.3 is 15.9 Å². The summed E-state index contributed by atoms with van der Waals surface area (Å²) in [5, 5.41) is 19.5. The van der Waals surface area contributed by atoms with E-state index in [2.05, 4.69) is 10.9 Å². The molecule has 1 saturated heterocycles. The van der Waals surface area contributed by atoms with Crippen LogP contribution in [0.15, 0.2) is 42.0 Å². The van der Waals surface area contributed by atoms with Crippen molar-refractivity contribution in [2.24, 2.45) is 0 Å². The molecule has 23 heavy (non-hydrogen) atoms. The lowest BCUT2D eigenvalue weighted by atomic mass is 9.94. The highest BCUT2D eigenvalue weighted by molar-refractivity contribution is 6.02. The van der Waals surface area contributed by atoms with Gasteiger partial charge in [0.2, 0.25) is 0 Å². The van der Waals surface area contributed by atoms with E-state index in [1.807, 2.05) is 6.08 Å². The van der Waals surface area contributed by atoms with E-state index in [9.17, 15) is 15.0 Å². The molecule has 1 aliphatic rings. The van der Waals surface area contributed by atoms with Crippen LogP contribution in [0.2, 0.25) is 0 Å². The highest BCUT2D eigenvalue weighted by Gasteiger charge is 2.19. The van der Waals surface area contributed by atoms with Gasteiger partial charge in [-0.1, -0.05) is 36.4 Å². The van der Waals surface area contributed by atoms with Gasteiger partial charge in [-0.05, 0) is 17.2 Å². The SMILES string of the molecule is Nc1c(-c2ccccc2O)ccc(C=C2CNNC2)c1C(=O)O. The van der Waals surface area contributed by atoms with E-state index in [4.69, 9.17) is 5.73 Å². The zero-order chi connectivity index (χ0) is 16.4. The summed E-state index contributed by atoms with van der Waals surface area (Å²) < 4.78 is 0. The summed E-state index contributed by atoms with van der Waals surface area (Å²) >= 11 is 0. The average Bonchev–Trinajstić information content (AvgIpc) is 3.01. The van der Waals surface area contributed by atoms with Crippen molar-refractivity contribution in [2.45, 2.75) is 0 Å². The van der Waals surface area contributed by atoms with Crippen molar-refractivity contribution < 1.29 is 15.0 Å². The monoisotopic (exact) mass is 311 g/mol. The molecule has 0 spiro atoms. The van der Waals surface area contributed by atoms with Crippen molar-refractivity contribution in [2.75, 3.05) is 18.8 Å². The largest absolute Gasteiger partial charge is 0.507 e. The first kappa shape index (κ1) is 15.1. The van der Waals surface area contributed by atoms with Crippen LogP contribution in [-0.4, -0.2) is 29.3 Å². The van der Waals surface area contributed by atoms with Gasteiger partial charge in [0.1, 0.15) is 5.75 Å². The summed E-state index contributed by atoms with van der Waals surface area (Å²) in [6.45, 7) is 1.31. The molecule has 0 amide bonds. The van der Waals surface area contributed by atoms with Gasteiger partial charge >= 0.3 is 5.97 Å². The summed E-state index contributed by atoms with van der Waals surface area (Å²) in [7, 11) is 0.